The van der Waals surface area contributed by atoms with Gasteiger partial charge in [0.1, 0.15) is 12.2 Å². The van der Waals surface area contributed by atoms with Gasteiger partial charge in [0.25, 0.3) is 0 Å². The first kappa shape index (κ1) is 15.7. The molecule has 0 unspecified atom stereocenters. The summed E-state index contributed by atoms with van der Waals surface area (Å²) in [6, 6.07) is 1.64. The lowest BCUT2D eigenvalue weighted by molar-refractivity contribution is 0.578. The summed E-state index contributed by atoms with van der Waals surface area (Å²) in [5, 5.41) is 9.61. The van der Waals surface area contributed by atoms with Gasteiger partial charge < -0.3 is 10.3 Å². The van der Waals surface area contributed by atoms with Crippen LogP contribution < -0.4 is 10.0 Å². The van der Waals surface area contributed by atoms with Crippen LogP contribution in [0.1, 0.15) is 24.9 Å². The van der Waals surface area contributed by atoms with Gasteiger partial charge in [-0.3, -0.25) is 5.10 Å². The van der Waals surface area contributed by atoms with Crippen molar-refractivity contribution in [1.82, 2.24) is 30.2 Å². The van der Waals surface area contributed by atoms with Gasteiger partial charge in [-0.1, -0.05) is 6.92 Å². The summed E-state index contributed by atoms with van der Waals surface area (Å²) in [5.41, 5.74) is 0.846. The zero-order valence-corrected chi connectivity index (χ0v) is 12.7. The van der Waals surface area contributed by atoms with E-state index >= 15 is 0 Å². The normalized spacial score (nSPS) is 11.9. The first-order valence-electron chi connectivity index (χ1n) is 6.83. The fraction of sp³-hybridized carbons (Fsp3) is 0.500. The van der Waals surface area contributed by atoms with E-state index in [2.05, 4.69) is 30.2 Å². The van der Waals surface area contributed by atoms with Gasteiger partial charge in [-0.15, -0.1) is 0 Å². The number of rotatable bonds is 9. The van der Waals surface area contributed by atoms with Crippen LogP contribution in [0.25, 0.3) is 0 Å². The number of hydrogen-bond acceptors (Lipinski definition) is 5. The molecule has 0 bridgehead atoms. The highest BCUT2D eigenvalue weighted by Crippen LogP contribution is 2.10. The smallest absolute Gasteiger partial charge is 0.242 e. The lowest BCUT2D eigenvalue weighted by Gasteiger charge is -2.03. The highest BCUT2D eigenvalue weighted by Gasteiger charge is 2.15. The van der Waals surface area contributed by atoms with E-state index in [9.17, 15) is 8.42 Å². The molecular weight excluding hydrogens is 292 g/mol. The van der Waals surface area contributed by atoms with Gasteiger partial charge in [-0.05, 0) is 19.0 Å². The summed E-state index contributed by atoms with van der Waals surface area (Å²) < 4.78 is 26.8. The Bertz CT molecular complexity index is 635. The molecule has 9 heteroatoms. The number of nitrogens with zero attached hydrogens (tertiary/aromatic N) is 2. The molecular formula is C12H20N6O2S. The minimum absolute atomic E-state index is 0.259. The first-order valence-corrected chi connectivity index (χ1v) is 8.32. The number of aromatic amines is 2. The third-order valence-corrected chi connectivity index (χ3v) is 4.38. The Kier molecular flexibility index (Phi) is 5.48. The maximum Gasteiger partial charge on any atom is 0.242 e. The van der Waals surface area contributed by atoms with Gasteiger partial charge >= 0.3 is 0 Å². The lowest BCUT2D eigenvalue weighted by atomic mass is 10.3. The van der Waals surface area contributed by atoms with E-state index in [1.807, 2.05) is 6.92 Å². The quantitative estimate of drug-likeness (QED) is 0.492. The fourth-order valence-corrected chi connectivity index (χ4v) is 2.92. The van der Waals surface area contributed by atoms with Crippen LogP contribution in [-0.2, 0) is 23.0 Å². The van der Waals surface area contributed by atoms with Crippen molar-refractivity contribution in [3.05, 3.63) is 30.1 Å². The monoisotopic (exact) mass is 312 g/mol. The summed E-state index contributed by atoms with van der Waals surface area (Å²) in [7, 11) is -3.46. The van der Waals surface area contributed by atoms with Crippen LogP contribution in [-0.4, -0.2) is 41.7 Å². The van der Waals surface area contributed by atoms with E-state index < -0.39 is 10.0 Å². The van der Waals surface area contributed by atoms with Crippen LogP contribution in [0.4, 0.5) is 0 Å². The Morgan fingerprint density at radius 3 is 2.95 bits per heavy atom. The molecule has 2 rings (SSSR count). The van der Waals surface area contributed by atoms with E-state index in [0.29, 0.717) is 25.9 Å². The lowest BCUT2D eigenvalue weighted by Crippen LogP contribution is -2.24. The average Bonchev–Trinajstić information content (AvgIpc) is 3.13. The van der Waals surface area contributed by atoms with Crippen molar-refractivity contribution in [3.63, 3.8) is 0 Å². The largest absolute Gasteiger partial charge is 0.363 e. The highest BCUT2D eigenvalue weighted by atomic mass is 32.2. The molecule has 0 radical (unpaired) electrons. The predicted molar refractivity (Wildman–Crippen MR) is 78.1 cm³/mol. The van der Waals surface area contributed by atoms with E-state index in [1.165, 1.54) is 12.5 Å². The van der Waals surface area contributed by atoms with Gasteiger partial charge in [0.15, 0.2) is 0 Å². The Morgan fingerprint density at radius 2 is 2.24 bits per heavy atom. The third-order valence-electron chi connectivity index (χ3n) is 2.94. The van der Waals surface area contributed by atoms with Crippen molar-refractivity contribution in [3.8, 4) is 0 Å². The zero-order valence-electron chi connectivity index (χ0n) is 11.9. The summed E-state index contributed by atoms with van der Waals surface area (Å²) in [6.45, 7) is 3.81. The summed E-state index contributed by atoms with van der Waals surface area (Å²) >= 11 is 0. The minimum Gasteiger partial charge on any atom is -0.363 e. The van der Waals surface area contributed by atoms with Crippen molar-refractivity contribution < 1.29 is 8.42 Å². The second-order valence-electron chi connectivity index (χ2n) is 4.57. The van der Waals surface area contributed by atoms with E-state index in [-0.39, 0.29) is 4.90 Å². The third kappa shape index (κ3) is 4.66. The molecule has 0 spiro atoms. The van der Waals surface area contributed by atoms with Gasteiger partial charge in [-0.2, -0.15) is 5.10 Å². The van der Waals surface area contributed by atoms with E-state index in [4.69, 9.17) is 0 Å². The Morgan fingerprint density at radius 1 is 1.38 bits per heavy atom. The van der Waals surface area contributed by atoms with Crippen molar-refractivity contribution in [2.75, 3.05) is 13.1 Å². The number of nitrogens with one attached hydrogen (secondary N) is 4. The van der Waals surface area contributed by atoms with Crippen molar-refractivity contribution in [2.24, 2.45) is 0 Å². The van der Waals surface area contributed by atoms with Gasteiger partial charge in [0.2, 0.25) is 10.0 Å². The molecule has 0 atom stereocenters. The van der Waals surface area contributed by atoms with Gasteiger partial charge in [0.05, 0.1) is 4.90 Å². The molecule has 0 saturated carbocycles. The SMILES string of the molecule is CCNCc1cc(S(=O)(=O)NCCCc2ncn[nH]2)c[nH]1. The molecule has 2 aromatic heterocycles. The minimum atomic E-state index is -3.46. The van der Waals surface area contributed by atoms with Crippen molar-refractivity contribution in [2.45, 2.75) is 31.2 Å². The molecule has 0 aliphatic rings. The Labute approximate surface area is 123 Å². The highest BCUT2D eigenvalue weighted by molar-refractivity contribution is 7.89. The molecule has 2 aromatic rings. The second kappa shape index (κ2) is 7.34. The molecule has 0 fully saturated rings. The standard InChI is InChI=1S/C12H20N6O2S/c1-2-13-7-10-6-11(8-14-10)21(19,20)17-5-3-4-12-15-9-16-18-12/h6,8-9,13-14,17H,2-5,7H2,1H3,(H,15,16,18). The van der Waals surface area contributed by atoms with E-state index in [1.54, 1.807) is 6.07 Å². The van der Waals surface area contributed by atoms with Crippen LogP contribution in [0, 0.1) is 0 Å². The summed E-state index contributed by atoms with van der Waals surface area (Å²) in [6.07, 6.45) is 4.25. The van der Waals surface area contributed by atoms with Crippen LogP contribution in [0.5, 0.6) is 0 Å². The summed E-state index contributed by atoms with van der Waals surface area (Å²) in [4.78, 5) is 7.20. The van der Waals surface area contributed by atoms with Crippen LogP contribution in [0.3, 0.4) is 0 Å². The molecule has 8 nitrogen and oxygen atoms in total. The van der Waals surface area contributed by atoms with Crippen LogP contribution in [0.15, 0.2) is 23.5 Å². The molecule has 0 aliphatic heterocycles. The van der Waals surface area contributed by atoms with Crippen LogP contribution in [0.2, 0.25) is 0 Å². The maximum absolute atomic E-state index is 12.1. The molecule has 0 saturated heterocycles. The molecule has 0 aliphatic carbocycles. The molecule has 2 heterocycles. The first-order chi connectivity index (χ1) is 10.1. The molecule has 0 amide bonds. The number of hydrogen-bond donors (Lipinski definition) is 4. The van der Waals surface area contributed by atoms with Crippen molar-refractivity contribution in [1.29, 1.82) is 0 Å². The van der Waals surface area contributed by atoms with Gasteiger partial charge in [0, 0.05) is 31.4 Å². The number of H-pyrrole nitrogens is 2. The second-order valence-corrected chi connectivity index (χ2v) is 6.34. The average molecular weight is 312 g/mol. The fourth-order valence-electron chi connectivity index (χ4n) is 1.83. The topological polar surface area (TPSA) is 116 Å². The zero-order chi connectivity index (χ0) is 15.1. The molecule has 4 N–H and O–H groups in total. The predicted octanol–water partition coefficient (Wildman–Crippen LogP) is 0.153. The summed E-state index contributed by atoms with van der Waals surface area (Å²) in [5.74, 6) is 0.753. The van der Waals surface area contributed by atoms with E-state index in [0.717, 1.165) is 18.1 Å². The molecule has 116 valence electrons. The Balaban J connectivity index is 1.82. The van der Waals surface area contributed by atoms with Gasteiger partial charge in [-0.25, -0.2) is 18.1 Å². The van der Waals surface area contributed by atoms with Crippen LogP contribution >= 0.6 is 0 Å². The number of aryl methyl sites for hydroxylation is 1. The van der Waals surface area contributed by atoms with Crippen molar-refractivity contribution >= 4 is 10.0 Å². The molecule has 0 aromatic carbocycles. The number of aromatic nitrogens is 4. The number of sulfonamides is 1. The molecule has 21 heavy (non-hydrogen) atoms. The maximum atomic E-state index is 12.1. The Hall–Kier alpha value is -1.71.